The first-order valence-electron chi connectivity index (χ1n) is 13.5. The molecule has 1 fully saturated rings. The molecule has 1 aliphatic heterocycles. The summed E-state index contributed by atoms with van der Waals surface area (Å²) in [4.78, 5) is 11.7. The minimum atomic E-state index is -0.225. The van der Waals surface area contributed by atoms with E-state index in [1.807, 2.05) is 18.2 Å². The second-order valence-corrected chi connectivity index (χ2v) is 10.4. The molecule has 1 saturated carbocycles. The van der Waals surface area contributed by atoms with Gasteiger partial charge in [0.15, 0.2) is 0 Å². The van der Waals surface area contributed by atoms with Gasteiger partial charge >= 0.3 is 5.97 Å². The van der Waals surface area contributed by atoms with Crippen LogP contribution in [-0.4, -0.2) is 39.0 Å². The lowest BCUT2D eigenvalue weighted by molar-refractivity contribution is -0.141. The van der Waals surface area contributed by atoms with Crippen molar-refractivity contribution in [1.29, 1.82) is 0 Å². The Bertz CT molecular complexity index is 1340. The van der Waals surface area contributed by atoms with Crippen LogP contribution in [0.25, 0.3) is 11.1 Å². The normalized spacial score (nSPS) is 17.2. The highest BCUT2D eigenvalue weighted by atomic mass is 16.5. The molecule has 198 valence electrons. The lowest BCUT2D eigenvalue weighted by Gasteiger charge is -2.28. The summed E-state index contributed by atoms with van der Waals surface area (Å²) in [7, 11) is 1.41. The molecule has 0 unspecified atom stereocenters. The first-order valence-corrected chi connectivity index (χ1v) is 13.5. The zero-order chi connectivity index (χ0) is 26.1. The van der Waals surface area contributed by atoms with Crippen molar-refractivity contribution in [2.24, 2.45) is 0 Å². The second-order valence-electron chi connectivity index (χ2n) is 10.4. The number of esters is 1. The summed E-state index contributed by atoms with van der Waals surface area (Å²) < 4.78 is 28.6. The predicted molar refractivity (Wildman–Crippen MR) is 144 cm³/mol. The summed E-state index contributed by atoms with van der Waals surface area (Å²) in [6.07, 6.45) is 5.30. The molecule has 38 heavy (non-hydrogen) atoms. The molecule has 0 N–H and O–H groups in total. The molecule has 3 aliphatic rings. The lowest BCUT2D eigenvalue weighted by atomic mass is 9.79. The van der Waals surface area contributed by atoms with Crippen molar-refractivity contribution in [1.82, 2.24) is 0 Å². The maximum Gasteiger partial charge on any atom is 0.306 e. The summed E-state index contributed by atoms with van der Waals surface area (Å²) >= 11 is 0. The average molecular weight is 515 g/mol. The molecular weight excluding hydrogens is 480 g/mol. The van der Waals surface area contributed by atoms with Gasteiger partial charge in [-0.15, -0.1) is 0 Å². The van der Waals surface area contributed by atoms with E-state index >= 15 is 0 Å². The van der Waals surface area contributed by atoms with Gasteiger partial charge in [-0.2, -0.15) is 0 Å². The van der Waals surface area contributed by atoms with Crippen molar-refractivity contribution < 1.29 is 28.5 Å². The molecule has 3 aromatic rings. The van der Waals surface area contributed by atoms with Gasteiger partial charge in [-0.05, 0) is 84.2 Å². The molecule has 6 rings (SSSR count). The third-order valence-corrected chi connectivity index (χ3v) is 7.68. The fraction of sp³-hybridized carbons (Fsp3) is 0.406. The Morgan fingerprint density at radius 2 is 1.87 bits per heavy atom. The zero-order valence-electron chi connectivity index (χ0n) is 22.1. The fourth-order valence-electron chi connectivity index (χ4n) is 5.43. The number of carbonyl (C=O) groups is 1. The van der Waals surface area contributed by atoms with E-state index in [1.165, 1.54) is 47.8 Å². The van der Waals surface area contributed by atoms with Crippen LogP contribution in [0.2, 0.25) is 0 Å². The monoisotopic (exact) mass is 514 g/mol. The van der Waals surface area contributed by atoms with Crippen molar-refractivity contribution >= 4 is 5.97 Å². The molecule has 6 heteroatoms. The third-order valence-electron chi connectivity index (χ3n) is 7.68. The fourth-order valence-corrected chi connectivity index (χ4v) is 5.43. The van der Waals surface area contributed by atoms with Crippen LogP contribution in [0.3, 0.4) is 0 Å². The van der Waals surface area contributed by atoms with E-state index in [-0.39, 0.29) is 11.9 Å². The van der Waals surface area contributed by atoms with Crippen LogP contribution in [0.5, 0.6) is 17.2 Å². The Morgan fingerprint density at radius 1 is 1.00 bits per heavy atom. The largest absolute Gasteiger partial charge is 0.492 e. The summed E-state index contributed by atoms with van der Waals surface area (Å²) in [5.74, 6) is 2.34. The molecule has 6 nitrogen and oxygen atoms in total. The molecule has 0 spiro atoms. The van der Waals surface area contributed by atoms with Crippen molar-refractivity contribution in [2.75, 3.05) is 26.9 Å². The smallest absolute Gasteiger partial charge is 0.306 e. The zero-order valence-corrected chi connectivity index (χ0v) is 22.1. The van der Waals surface area contributed by atoms with Crippen molar-refractivity contribution in [3.05, 3.63) is 76.3 Å². The van der Waals surface area contributed by atoms with Gasteiger partial charge in [0.05, 0.1) is 32.8 Å². The van der Waals surface area contributed by atoms with E-state index in [0.29, 0.717) is 39.0 Å². The van der Waals surface area contributed by atoms with Gasteiger partial charge in [0.2, 0.25) is 0 Å². The highest BCUT2D eigenvalue weighted by Crippen LogP contribution is 2.42. The first kappa shape index (κ1) is 24.8. The van der Waals surface area contributed by atoms with E-state index in [9.17, 15) is 4.79 Å². The van der Waals surface area contributed by atoms with Gasteiger partial charge in [0, 0.05) is 17.5 Å². The van der Waals surface area contributed by atoms with Crippen molar-refractivity contribution in [2.45, 2.75) is 57.7 Å². The standard InChI is InChI=1S/C32H34O6/c1-20-14-29(36-13-12-35-24-6-7-24)27-10-11-28(27)32(20)22-5-3-4-21(15-22)18-37-25-8-9-26-23(16-31(33)34-2)19-38-30(26)17-25/h3-5,8-9,14-15,17,23-24H,6-7,10-13,16,18-19H2,1-2H3/t23-/m1/s1. The number of hydrogen-bond donors (Lipinski definition) is 0. The number of rotatable bonds is 11. The van der Waals surface area contributed by atoms with Gasteiger partial charge in [-0.3, -0.25) is 4.79 Å². The van der Waals surface area contributed by atoms with E-state index in [2.05, 4.69) is 37.3 Å². The van der Waals surface area contributed by atoms with Crippen LogP contribution in [0.15, 0.2) is 48.5 Å². The first-order chi connectivity index (χ1) is 18.6. The number of aryl methyl sites for hydroxylation is 1. The maximum absolute atomic E-state index is 11.7. The van der Waals surface area contributed by atoms with E-state index in [1.54, 1.807) is 0 Å². The molecule has 1 atom stereocenters. The summed E-state index contributed by atoms with van der Waals surface area (Å²) in [5, 5.41) is 0. The van der Waals surface area contributed by atoms with Crippen LogP contribution in [0.4, 0.5) is 0 Å². The molecule has 0 radical (unpaired) electrons. The molecule has 0 bridgehead atoms. The maximum atomic E-state index is 11.7. The van der Waals surface area contributed by atoms with Crippen molar-refractivity contribution in [3.8, 4) is 28.4 Å². The SMILES string of the molecule is COC(=O)C[C@@H]1COc2cc(OCc3cccc(-c4c(C)cc(OCCOC5CC5)c5c4CC5)c3)ccc21. The Balaban J connectivity index is 1.12. The quantitative estimate of drug-likeness (QED) is 0.233. The lowest BCUT2D eigenvalue weighted by Crippen LogP contribution is -2.16. The molecule has 0 saturated heterocycles. The Kier molecular flexibility index (Phi) is 6.98. The molecule has 3 aromatic carbocycles. The topological polar surface area (TPSA) is 63.2 Å². The molecule has 0 aromatic heterocycles. The van der Waals surface area contributed by atoms with Gasteiger partial charge in [0.25, 0.3) is 0 Å². The number of benzene rings is 3. The Hall–Kier alpha value is -3.51. The third kappa shape index (κ3) is 5.23. The van der Waals surface area contributed by atoms with Crippen LogP contribution < -0.4 is 14.2 Å². The van der Waals surface area contributed by atoms with Crippen LogP contribution in [0.1, 0.15) is 53.0 Å². The highest BCUT2D eigenvalue weighted by Gasteiger charge is 2.28. The van der Waals surface area contributed by atoms with E-state index in [4.69, 9.17) is 23.7 Å². The van der Waals surface area contributed by atoms with Gasteiger partial charge in [-0.25, -0.2) is 0 Å². The van der Waals surface area contributed by atoms with Gasteiger partial charge < -0.3 is 23.7 Å². The van der Waals surface area contributed by atoms with Crippen LogP contribution in [0, 0.1) is 6.92 Å². The second kappa shape index (κ2) is 10.7. The highest BCUT2D eigenvalue weighted by molar-refractivity contribution is 5.76. The van der Waals surface area contributed by atoms with Crippen LogP contribution >= 0.6 is 0 Å². The number of ether oxygens (including phenoxy) is 5. The average Bonchev–Trinajstić information content (AvgIpc) is 3.66. The summed E-state index contributed by atoms with van der Waals surface area (Å²) in [6.45, 7) is 4.38. The minimum Gasteiger partial charge on any atom is -0.492 e. The van der Waals surface area contributed by atoms with Crippen LogP contribution in [-0.2, 0) is 33.7 Å². The minimum absolute atomic E-state index is 0.0249. The van der Waals surface area contributed by atoms with E-state index < -0.39 is 0 Å². The number of carbonyl (C=O) groups excluding carboxylic acids is 1. The summed E-state index contributed by atoms with van der Waals surface area (Å²) in [5.41, 5.74) is 8.64. The molecular formula is C32H34O6. The number of fused-ring (bicyclic) bond motifs is 2. The van der Waals surface area contributed by atoms with E-state index in [0.717, 1.165) is 41.2 Å². The number of hydrogen-bond acceptors (Lipinski definition) is 6. The van der Waals surface area contributed by atoms with Gasteiger partial charge in [-0.1, -0.05) is 24.3 Å². The molecule has 0 amide bonds. The summed E-state index contributed by atoms with van der Waals surface area (Å²) in [6, 6.07) is 16.6. The van der Waals surface area contributed by atoms with Gasteiger partial charge in [0.1, 0.15) is 30.5 Å². The Labute approximate surface area is 223 Å². The Morgan fingerprint density at radius 3 is 2.66 bits per heavy atom. The predicted octanol–water partition coefficient (Wildman–Crippen LogP) is 5.94. The van der Waals surface area contributed by atoms with Crippen molar-refractivity contribution in [3.63, 3.8) is 0 Å². The molecule has 2 aliphatic carbocycles. The number of methoxy groups -OCH3 is 1. The molecule has 1 heterocycles.